The highest BCUT2D eigenvalue weighted by Crippen LogP contribution is 2.16. The topological polar surface area (TPSA) is 136 Å². The summed E-state index contributed by atoms with van der Waals surface area (Å²) < 4.78 is 0. The van der Waals surface area contributed by atoms with Gasteiger partial charge >= 0.3 is 11.9 Å². The second kappa shape index (κ2) is 7.27. The molecule has 0 bridgehead atoms. The van der Waals surface area contributed by atoms with Crippen LogP contribution in [0.3, 0.4) is 0 Å². The molecule has 0 aliphatic heterocycles. The molecule has 2 aromatic carbocycles. The lowest BCUT2D eigenvalue weighted by molar-refractivity contribution is -0.106. The molecule has 8 heteroatoms. The highest BCUT2D eigenvalue weighted by Gasteiger charge is 2.13. The highest BCUT2D eigenvalue weighted by molar-refractivity contribution is 6.34. The Kier molecular flexibility index (Phi) is 4.71. The number of carbonyl (C=O) groups is 2. The largest absolute Gasteiger partial charge is 0.361 e. The van der Waals surface area contributed by atoms with Crippen molar-refractivity contribution in [1.29, 1.82) is 0 Å². The van der Waals surface area contributed by atoms with Gasteiger partial charge in [-0.3, -0.25) is 9.59 Å². The third-order valence-corrected chi connectivity index (χ3v) is 3.83. The summed E-state index contributed by atoms with van der Waals surface area (Å²) in [6.07, 6.45) is 1.83. The maximum absolute atomic E-state index is 11.6. The van der Waals surface area contributed by atoms with E-state index in [1.807, 2.05) is 0 Å². The maximum atomic E-state index is 11.6. The number of fused-ring (bicyclic) bond motifs is 1. The Hall–Kier alpha value is -3.99. The van der Waals surface area contributed by atoms with Crippen LogP contribution >= 0.6 is 0 Å². The summed E-state index contributed by atoms with van der Waals surface area (Å²) in [5.41, 5.74) is 20.4. The fourth-order valence-electron chi connectivity index (χ4n) is 2.56. The predicted octanol–water partition coefficient (Wildman–Crippen LogP) is 1.85. The van der Waals surface area contributed by atoms with Gasteiger partial charge in [-0.25, -0.2) is 4.98 Å². The Morgan fingerprint density at radius 3 is 2.50 bits per heavy atom. The van der Waals surface area contributed by atoms with Crippen molar-refractivity contribution in [1.82, 2.24) is 9.97 Å². The van der Waals surface area contributed by atoms with Crippen LogP contribution in [0.25, 0.3) is 22.1 Å². The molecule has 1 N–H and O–H groups in total. The van der Waals surface area contributed by atoms with Gasteiger partial charge in [0.15, 0.2) is 0 Å². The Morgan fingerprint density at radius 1 is 1.12 bits per heavy atom. The number of nitrogens with one attached hydrogen (secondary N) is 1. The summed E-state index contributed by atoms with van der Waals surface area (Å²) in [7, 11) is 0. The molecule has 0 atom stereocenters. The molecule has 0 amide bonds. The molecular weight excluding hydrogens is 332 g/mol. The maximum Gasteiger partial charge on any atom is 0.361 e. The SMILES string of the molecule is [N-]=[N+]=CC(=O)c1ccc(Cc2nc3ccc(C(C=O)=[N+]=[N-])cc3[nH]2)cc1. The normalized spacial score (nSPS) is 10.0. The lowest BCUT2D eigenvalue weighted by atomic mass is 10.1. The first-order valence-electron chi connectivity index (χ1n) is 7.61. The number of nitrogens with zero attached hydrogens (tertiary/aromatic N) is 5. The fourth-order valence-corrected chi connectivity index (χ4v) is 2.56. The Balaban J connectivity index is 1.85. The molecule has 0 radical (unpaired) electrons. The molecule has 3 aromatic rings. The first-order chi connectivity index (χ1) is 12.6. The summed E-state index contributed by atoms with van der Waals surface area (Å²) in [6, 6.07) is 11.9. The van der Waals surface area contributed by atoms with Crippen molar-refractivity contribution in [2.24, 2.45) is 0 Å². The average Bonchev–Trinajstić information content (AvgIpc) is 3.05. The van der Waals surface area contributed by atoms with Crippen LogP contribution in [0.15, 0.2) is 42.5 Å². The second-order valence-corrected chi connectivity index (χ2v) is 5.50. The number of hydrogen-bond acceptors (Lipinski definition) is 3. The Bertz CT molecular complexity index is 1100. The molecule has 0 fully saturated rings. The molecule has 0 unspecified atom stereocenters. The van der Waals surface area contributed by atoms with Crippen LogP contribution in [0.1, 0.15) is 27.3 Å². The van der Waals surface area contributed by atoms with Crippen LogP contribution in [0.4, 0.5) is 0 Å². The van der Waals surface area contributed by atoms with Crippen LogP contribution in [-0.2, 0) is 11.2 Å². The Labute approximate surface area is 147 Å². The van der Waals surface area contributed by atoms with Crippen molar-refractivity contribution in [3.63, 3.8) is 0 Å². The number of aromatic nitrogens is 2. The Morgan fingerprint density at radius 2 is 1.85 bits per heavy atom. The number of aromatic amines is 1. The molecule has 0 spiro atoms. The first kappa shape index (κ1) is 16.9. The summed E-state index contributed by atoms with van der Waals surface area (Å²) >= 11 is 0. The quantitative estimate of drug-likeness (QED) is 0.240. The van der Waals surface area contributed by atoms with Gasteiger partial charge in [0.05, 0.1) is 16.6 Å². The van der Waals surface area contributed by atoms with E-state index in [4.69, 9.17) is 11.1 Å². The fraction of sp³-hybridized carbons (Fsp3) is 0.0556. The van der Waals surface area contributed by atoms with Gasteiger partial charge in [0.25, 0.3) is 5.78 Å². The summed E-state index contributed by atoms with van der Waals surface area (Å²) in [4.78, 5) is 35.8. The summed E-state index contributed by atoms with van der Waals surface area (Å²) in [5, 5.41) is 0. The highest BCUT2D eigenvalue weighted by atomic mass is 16.1. The van der Waals surface area contributed by atoms with Crippen molar-refractivity contribution >= 4 is 35.0 Å². The number of ketones is 1. The number of Topliss-reactive ketones (excluding diaryl/α,β-unsaturated/α-hetero) is 1. The number of rotatable bonds is 6. The van der Waals surface area contributed by atoms with Crippen molar-refractivity contribution in [3.05, 3.63) is 76.0 Å². The van der Waals surface area contributed by atoms with E-state index in [0.29, 0.717) is 35.2 Å². The lowest BCUT2D eigenvalue weighted by Crippen LogP contribution is -2.02. The minimum absolute atomic E-state index is 0.0604. The molecule has 0 aliphatic carbocycles. The van der Waals surface area contributed by atoms with Crippen molar-refractivity contribution in [3.8, 4) is 0 Å². The van der Waals surface area contributed by atoms with Gasteiger partial charge in [-0.15, -0.1) is 0 Å². The van der Waals surface area contributed by atoms with Crippen molar-refractivity contribution in [2.45, 2.75) is 6.42 Å². The molecule has 1 heterocycles. The number of H-pyrrole nitrogens is 1. The molecule has 8 nitrogen and oxygen atoms in total. The van der Waals surface area contributed by atoms with E-state index in [2.05, 4.69) is 19.5 Å². The number of imidazole rings is 1. The van der Waals surface area contributed by atoms with E-state index < -0.39 is 0 Å². The minimum atomic E-state index is -0.383. The molecule has 26 heavy (non-hydrogen) atoms. The third-order valence-electron chi connectivity index (χ3n) is 3.83. The van der Waals surface area contributed by atoms with E-state index in [-0.39, 0.29) is 11.5 Å². The van der Waals surface area contributed by atoms with Gasteiger partial charge in [-0.2, -0.15) is 9.58 Å². The van der Waals surface area contributed by atoms with Crippen LogP contribution in [0, 0.1) is 0 Å². The van der Waals surface area contributed by atoms with E-state index >= 15 is 0 Å². The minimum Gasteiger partial charge on any atom is -0.361 e. The second-order valence-electron chi connectivity index (χ2n) is 5.50. The number of hydrogen-bond donors (Lipinski definition) is 1. The molecule has 0 aliphatic rings. The van der Waals surface area contributed by atoms with E-state index in [0.717, 1.165) is 17.3 Å². The molecule has 1 aromatic heterocycles. The lowest BCUT2D eigenvalue weighted by Gasteiger charge is -1.99. The van der Waals surface area contributed by atoms with Crippen molar-refractivity contribution < 1.29 is 19.2 Å². The smallest absolute Gasteiger partial charge is 0.361 e. The first-order valence-corrected chi connectivity index (χ1v) is 7.61. The predicted molar refractivity (Wildman–Crippen MR) is 93.1 cm³/mol. The summed E-state index contributed by atoms with van der Waals surface area (Å²) in [6.45, 7) is 0. The van der Waals surface area contributed by atoms with Crippen LogP contribution in [-0.4, -0.2) is 43.5 Å². The molecular formula is C18H12N6O2. The third kappa shape index (κ3) is 3.42. The van der Waals surface area contributed by atoms with Crippen LogP contribution in [0.2, 0.25) is 0 Å². The van der Waals surface area contributed by atoms with Gasteiger partial charge < -0.3 is 16.0 Å². The number of benzene rings is 2. The standard InChI is InChI=1S/C18H12N6O2/c19-21-9-17(26)12-3-1-11(2-4-12)7-18-22-14-6-5-13(8-15(14)23-18)16(10-25)24-20/h1-6,8-10H,7H2,(H,22,23). The number of aldehydes is 1. The van der Waals surface area contributed by atoms with Gasteiger partial charge in [0, 0.05) is 12.0 Å². The van der Waals surface area contributed by atoms with Gasteiger partial charge in [-0.1, -0.05) is 24.3 Å². The number of carbonyl (C=O) groups excluding carboxylic acids is 2. The monoisotopic (exact) mass is 344 g/mol. The zero-order valence-electron chi connectivity index (χ0n) is 13.5. The van der Waals surface area contributed by atoms with E-state index in [1.165, 1.54) is 0 Å². The van der Waals surface area contributed by atoms with Crippen molar-refractivity contribution in [2.75, 3.05) is 0 Å². The van der Waals surface area contributed by atoms with Crippen LogP contribution in [0.5, 0.6) is 0 Å². The molecule has 3 rings (SSSR count). The van der Waals surface area contributed by atoms with E-state index in [9.17, 15) is 9.59 Å². The van der Waals surface area contributed by atoms with Gasteiger partial charge in [0.2, 0.25) is 6.29 Å². The molecule has 0 saturated carbocycles. The van der Waals surface area contributed by atoms with E-state index in [1.54, 1.807) is 42.5 Å². The molecule has 0 saturated heterocycles. The summed E-state index contributed by atoms with van der Waals surface area (Å²) in [5.74, 6) is 0.327. The van der Waals surface area contributed by atoms with Gasteiger partial charge in [-0.05, 0) is 23.8 Å². The van der Waals surface area contributed by atoms with Crippen LogP contribution < -0.4 is 0 Å². The zero-order valence-corrected chi connectivity index (χ0v) is 13.5. The molecule has 126 valence electrons. The average molecular weight is 344 g/mol. The van der Waals surface area contributed by atoms with Gasteiger partial charge in [0.1, 0.15) is 5.82 Å². The zero-order chi connectivity index (χ0) is 18.5.